The fourth-order valence-electron chi connectivity index (χ4n) is 1.01. The van der Waals surface area contributed by atoms with Crippen LogP contribution in [-0.2, 0) is 9.53 Å². The minimum atomic E-state index is -4.37. The molecule has 0 saturated heterocycles. The first kappa shape index (κ1) is 13.2. The lowest BCUT2D eigenvalue weighted by Crippen LogP contribution is -2.32. The number of ether oxygens (including phenoxy) is 1. The SMILES string of the molecule is COC(=O)[C@H]1C=C(C(F)(F)F)CN1.Cl. The van der Waals surface area contributed by atoms with Crippen LogP contribution in [0.3, 0.4) is 0 Å². The maximum atomic E-state index is 12.0. The third-order valence-electron chi connectivity index (χ3n) is 1.70. The molecule has 0 bridgehead atoms. The van der Waals surface area contributed by atoms with Crippen LogP contribution in [0.4, 0.5) is 13.2 Å². The Morgan fingerprint density at radius 2 is 2.21 bits per heavy atom. The van der Waals surface area contributed by atoms with E-state index in [-0.39, 0.29) is 19.0 Å². The molecule has 1 rings (SSSR count). The molecule has 0 aromatic rings. The van der Waals surface area contributed by atoms with Crippen LogP contribution >= 0.6 is 12.4 Å². The Hall–Kier alpha value is -0.750. The van der Waals surface area contributed by atoms with Crippen molar-refractivity contribution in [1.82, 2.24) is 5.32 Å². The third kappa shape index (κ3) is 2.88. The van der Waals surface area contributed by atoms with Gasteiger partial charge in [0.1, 0.15) is 6.04 Å². The lowest BCUT2D eigenvalue weighted by atomic mass is 10.2. The van der Waals surface area contributed by atoms with Gasteiger partial charge in [-0.25, -0.2) is 0 Å². The summed E-state index contributed by atoms with van der Waals surface area (Å²) < 4.78 is 40.4. The van der Waals surface area contributed by atoms with Crippen LogP contribution in [-0.4, -0.2) is 31.8 Å². The summed E-state index contributed by atoms with van der Waals surface area (Å²) in [4.78, 5) is 10.8. The summed E-state index contributed by atoms with van der Waals surface area (Å²) in [5, 5.41) is 2.38. The zero-order valence-corrected chi connectivity index (χ0v) is 8.04. The second kappa shape index (κ2) is 4.65. The van der Waals surface area contributed by atoms with E-state index in [9.17, 15) is 18.0 Å². The van der Waals surface area contributed by atoms with Crippen molar-refractivity contribution in [3.05, 3.63) is 11.6 Å². The number of alkyl halides is 3. The molecule has 1 atom stereocenters. The Morgan fingerprint density at radius 3 is 2.57 bits per heavy atom. The number of hydrogen-bond acceptors (Lipinski definition) is 3. The van der Waals surface area contributed by atoms with Gasteiger partial charge in [0, 0.05) is 12.1 Å². The molecule has 1 heterocycles. The number of carbonyl (C=O) groups is 1. The van der Waals surface area contributed by atoms with Gasteiger partial charge in [-0.3, -0.25) is 10.1 Å². The fourth-order valence-corrected chi connectivity index (χ4v) is 1.01. The van der Waals surface area contributed by atoms with Crippen molar-refractivity contribution in [3.8, 4) is 0 Å². The van der Waals surface area contributed by atoms with Crippen LogP contribution < -0.4 is 5.32 Å². The van der Waals surface area contributed by atoms with Gasteiger partial charge in [0.15, 0.2) is 0 Å². The molecule has 1 aliphatic heterocycles. The summed E-state index contributed by atoms with van der Waals surface area (Å²) in [6.07, 6.45) is -3.53. The van der Waals surface area contributed by atoms with E-state index in [0.29, 0.717) is 0 Å². The van der Waals surface area contributed by atoms with Gasteiger partial charge >= 0.3 is 12.1 Å². The van der Waals surface area contributed by atoms with Gasteiger partial charge < -0.3 is 4.74 Å². The predicted molar refractivity (Wildman–Crippen MR) is 45.2 cm³/mol. The van der Waals surface area contributed by atoms with Gasteiger partial charge in [-0.2, -0.15) is 13.2 Å². The number of nitrogens with one attached hydrogen (secondary N) is 1. The van der Waals surface area contributed by atoms with Crippen LogP contribution in [0.2, 0.25) is 0 Å². The van der Waals surface area contributed by atoms with Crippen LogP contribution in [0.15, 0.2) is 11.6 Å². The van der Waals surface area contributed by atoms with Gasteiger partial charge in [-0.15, -0.1) is 12.4 Å². The van der Waals surface area contributed by atoms with Crippen molar-refractivity contribution in [3.63, 3.8) is 0 Å². The molecule has 0 fully saturated rings. The molecule has 0 aromatic carbocycles. The number of methoxy groups -OCH3 is 1. The largest absolute Gasteiger partial charge is 0.468 e. The monoisotopic (exact) mass is 231 g/mol. The van der Waals surface area contributed by atoms with Crippen molar-refractivity contribution >= 4 is 18.4 Å². The summed E-state index contributed by atoms with van der Waals surface area (Å²) in [6.45, 7) is -0.344. The normalized spacial score (nSPS) is 21.1. The molecule has 3 nitrogen and oxygen atoms in total. The summed E-state index contributed by atoms with van der Waals surface area (Å²) in [7, 11) is 1.13. The Kier molecular flexibility index (Phi) is 4.41. The van der Waals surface area contributed by atoms with Crippen molar-refractivity contribution in [1.29, 1.82) is 0 Å². The van der Waals surface area contributed by atoms with Crippen molar-refractivity contribution in [2.45, 2.75) is 12.2 Å². The van der Waals surface area contributed by atoms with Gasteiger partial charge in [-0.1, -0.05) is 0 Å². The quantitative estimate of drug-likeness (QED) is 0.541. The molecule has 0 saturated carbocycles. The highest BCUT2D eigenvalue weighted by Crippen LogP contribution is 2.27. The van der Waals surface area contributed by atoms with E-state index in [1.165, 1.54) is 0 Å². The number of esters is 1. The van der Waals surface area contributed by atoms with Crippen molar-refractivity contribution < 1.29 is 22.7 Å². The Balaban J connectivity index is 0.00000169. The van der Waals surface area contributed by atoms with Crippen LogP contribution in [0.5, 0.6) is 0 Å². The highest BCUT2D eigenvalue weighted by atomic mass is 35.5. The number of carbonyl (C=O) groups excluding carboxylic acids is 1. The second-order valence-corrected chi connectivity index (χ2v) is 2.57. The molecule has 82 valence electrons. The first-order valence-electron chi connectivity index (χ1n) is 3.54. The van der Waals surface area contributed by atoms with E-state index in [4.69, 9.17) is 0 Å². The Morgan fingerprint density at radius 1 is 1.64 bits per heavy atom. The average Bonchev–Trinajstić information content (AvgIpc) is 2.50. The van der Waals surface area contributed by atoms with E-state index in [1.54, 1.807) is 0 Å². The van der Waals surface area contributed by atoms with Gasteiger partial charge in [0.05, 0.1) is 7.11 Å². The molecule has 1 N–H and O–H groups in total. The molecular weight excluding hydrogens is 223 g/mol. The summed E-state index contributed by atoms with van der Waals surface area (Å²) in [5.74, 6) is -0.709. The lowest BCUT2D eigenvalue weighted by Gasteiger charge is -2.05. The molecular formula is C7H9ClF3NO2. The first-order valence-corrected chi connectivity index (χ1v) is 3.54. The minimum Gasteiger partial charge on any atom is -0.468 e. The van der Waals surface area contributed by atoms with Crippen LogP contribution in [0.25, 0.3) is 0 Å². The molecule has 0 unspecified atom stereocenters. The maximum Gasteiger partial charge on any atom is 0.413 e. The fraction of sp³-hybridized carbons (Fsp3) is 0.571. The zero-order valence-electron chi connectivity index (χ0n) is 7.22. The van der Waals surface area contributed by atoms with Crippen molar-refractivity contribution in [2.24, 2.45) is 0 Å². The minimum absolute atomic E-state index is 0. The van der Waals surface area contributed by atoms with E-state index in [0.717, 1.165) is 13.2 Å². The molecule has 0 aromatic heterocycles. The molecule has 1 aliphatic rings. The van der Waals surface area contributed by atoms with E-state index in [2.05, 4.69) is 10.1 Å². The molecule has 7 heteroatoms. The number of hydrogen-bond donors (Lipinski definition) is 1. The topological polar surface area (TPSA) is 38.3 Å². The molecule has 0 amide bonds. The van der Waals surface area contributed by atoms with Crippen molar-refractivity contribution in [2.75, 3.05) is 13.7 Å². The highest BCUT2D eigenvalue weighted by Gasteiger charge is 2.38. The highest BCUT2D eigenvalue weighted by molar-refractivity contribution is 5.85. The van der Waals surface area contributed by atoms with Gasteiger partial charge in [-0.05, 0) is 6.08 Å². The smallest absolute Gasteiger partial charge is 0.413 e. The predicted octanol–water partition coefficient (Wildman–Crippen LogP) is 1.04. The second-order valence-electron chi connectivity index (χ2n) is 2.57. The van der Waals surface area contributed by atoms with Crippen LogP contribution in [0, 0.1) is 0 Å². The molecule has 0 spiro atoms. The summed E-state index contributed by atoms with van der Waals surface area (Å²) in [5.41, 5.74) is -0.733. The first-order chi connectivity index (χ1) is 5.95. The summed E-state index contributed by atoms with van der Waals surface area (Å²) in [6, 6.07) is -0.971. The maximum absolute atomic E-state index is 12.0. The van der Waals surface area contributed by atoms with Gasteiger partial charge in [0.25, 0.3) is 0 Å². The van der Waals surface area contributed by atoms with Crippen LogP contribution in [0.1, 0.15) is 0 Å². The van der Waals surface area contributed by atoms with E-state index >= 15 is 0 Å². The molecule has 0 aliphatic carbocycles. The van der Waals surface area contributed by atoms with E-state index in [1.807, 2.05) is 0 Å². The summed E-state index contributed by atoms with van der Waals surface area (Å²) >= 11 is 0. The molecule has 14 heavy (non-hydrogen) atoms. The third-order valence-corrected chi connectivity index (χ3v) is 1.70. The Bertz CT molecular complexity index is 252. The Labute approximate surface area is 84.7 Å². The number of rotatable bonds is 1. The lowest BCUT2D eigenvalue weighted by molar-refractivity contribution is -0.141. The number of halogens is 4. The van der Waals surface area contributed by atoms with E-state index < -0.39 is 23.8 Å². The molecule has 0 radical (unpaired) electrons. The standard InChI is InChI=1S/C7H8F3NO2.ClH/c1-13-6(12)5-2-4(3-11-5)7(8,9)10;/h2,5,11H,3H2,1H3;1H/t5-;/m1./s1. The van der Waals surface area contributed by atoms with Gasteiger partial charge in [0.2, 0.25) is 0 Å². The average molecular weight is 232 g/mol. The zero-order chi connectivity index (χ0) is 10.1.